The molecule has 3 heterocycles. The summed E-state index contributed by atoms with van der Waals surface area (Å²) in [5, 5.41) is 2.18. The van der Waals surface area contributed by atoms with E-state index in [0.717, 1.165) is 12.5 Å². The third kappa shape index (κ3) is 2.93. The number of nitrogens with two attached hydrogens (primary N) is 1. The van der Waals surface area contributed by atoms with E-state index in [9.17, 15) is 0 Å². The third-order valence-electron chi connectivity index (χ3n) is 4.94. The summed E-state index contributed by atoms with van der Waals surface area (Å²) >= 11 is 1.87. The van der Waals surface area contributed by atoms with Crippen LogP contribution in [-0.2, 0) is 0 Å². The van der Waals surface area contributed by atoms with E-state index in [2.05, 4.69) is 34.2 Å². The maximum absolute atomic E-state index is 6.48. The first-order valence-electron chi connectivity index (χ1n) is 8.06. The molecule has 0 saturated carbocycles. The lowest BCUT2D eigenvalue weighted by Crippen LogP contribution is -2.44. The molecule has 1 aromatic rings. The van der Waals surface area contributed by atoms with E-state index in [0.29, 0.717) is 6.04 Å². The van der Waals surface area contributed by atoms with Crippen LogP contribution in [0.15, 0.2) is 17.5 Å². The minimum Gasteiger partial charge on any atom is -0.326 e. The minimum atomic E-state index is 0.251. The lowest BCUT2D eigenvalue weighted by Gasteiger charge is -2.35. The fourth-order valence-electron chi connectivity index (χ4n) is 3.83. The largest absolute Gasteiger partial charge is 0.326 e. The van der Waals surface area contributed by atoms with E-state index < -0.39 is 0 Å². The predicted octanol–water partition coefficient (Wildman–Crippen LogP) is 2.70. The van der Waals surface area contributed by atoms with Crippen LogP contribution >= 0.6 is 11.3 Å². The van der Waals surface area contributed by atoms with E-state index in [4.69, 9.17) is 5.73 Å². The number of hydrogen-bond acceptors (Lipinski definition) is 4. The number of hydrogen-bond donors (Lipinski definition) is 1. The Kier molecular flexibility index (Phi) is 4.76. The highest BCUT2D eigenvalue weighted by Crippen LogP contribution is 2.32. The average Bonchev–Trinajstić information content (AvgIpc) is 3.08. The molecular formula is C16H27N3S. The number of nitrogens with zero attached hydrogens (tertiary/aromatic N) is 2. The molecule has 0 aromatic carbocycles. The molecule has 3 nitrogen and oxygen atoms in total. The van der Waals surface area contributed by atoms with E-state index in [1.54, 1.807) is 0 Å². The van der Waals surface area contributed by atoms with E-state index in [1.165, 1.54) is 50.3 Å². The van der Waals surface area contributed by atoms with Gasteiger partial charge in [0.05, 0.1) is 6.04 Å². The van der Waals surface area contributed by atoms with Gasteiger partial charge in [-0.15, -0.1) is 11.3 Å². The first-order valence-corrected chi connectivity index (χ1v) is 8.94. The fraction of sp³-hybridized carbons (Fsp3) is 0.750. The SMILES string of the molecule is CCC(N)C(c1cccs1)N1CCCN2CCCC2C1. The van der Waals surface area contributed by atoms with Crippen LogP contribution in [0, 0.1) is 0 Å². The molecule has 0 aliphatic carbocycles. The summed E-state index contributed by atoms with van der Waals surface area (Å²) in [4.78, 5) is 6.82. The molecule has 0 bridgehead atoms. The van der Waals surface area contributed by atoms with Crippen molar-refractivity contribution in [1.82, 2.24) is 9.80 Å². The summed E-state index contributed by atoms with van der Waals surface area (Å²) in [6, 6.07) is 5.86. The number of thiophene rings is 1. The number of rotatable bonds is 4. The maximum atomic E-state index is 6.48. The molecular weight excluding hydrogens is 266 g/mol. The van der Waals surface area contributed by atoms with Crippen LogP contribution in [0.3, 0.4) is 0 Å². The molecule has 112 valence electrons. The number of fused-ring (bicyclic) bond motifs is 1. The predicted molar refractivity (Wildman–Crippen MR) is 86.1 cm³/mol. The van der Waals surface area contributed by atoms with Gasteiger partial charge in [-0.05, 0) is 50.2 Å². The zero-order chi connectivity index (χ0) is 13.9. The molecule has 2 fully saturated rings. The molecule has 20 heavy (non-hydrogen) atoms. The Balaban J connectivity index is 1.79. The van der Waals surface area contributed by atoms with Gasteiger partial charge in [0.1, 0.15) is 0 Å². The Morgan fingerprint density at radius 2 is 2.20 bits per heavy atom. The fourth-order valence-corrected chi connectivity index (χ4v) is 4.77. The van der Waals surface area contributed by atoms with Crippen LogP contribution in [0.1, 0.15) is 43.5 Å². The van der Waals surface area contributed by atoms with Crippen molar-refractivity contribution in [3.63, 3.8) is 0 Å². The van der Waals surface area contributed by atoms with Gasteiger partial charge in [0.25, 0.3) is 0 Å². The lowest BCUT2D eigenvalue weighted by atomic mass is 10.0. The van der Waals surface area contributed by atoms with Gasteiger partial charge in [0.2, 0.25) is 0 Å². The Labute approximate surface area is 126 Å². The van der Waals surface area contributed by atoms with Crippen molar-refractivity contribution in [2.75, 3.05) is 26.2 Å². The van der Waals surface area contributed by atoms with Crippen LogP contribution in [0.25, 0.3) is 0 Å². The van der Waals surface area contributed by atoms with E-state index in [1.807, 2.05) is 11.3 Å². The monoisotopic (exact) mass is 293 g/mol. The summed E-state index contributed by atoms with van der Waals surface area (Å²) in [6.45, 7) is 7.20. The quantitative estimate of drug-likeness (QED) is 0.926. The highest BCUT2D eigenvalue weighted by molar-refractivity contribution is 7.10. The Hall–Kier alpha value is -0.420. The second kappa shape index (κ2) is 6.56. The summed E-state index contributed by atoms with van der Waals surface area (Å²) in [5.74, 6) is 0. The average molecular weight is 293 g/mol. The Morgan fingerprint density at radius 1 is 1.35 bits per heavy atom. The van der Waals surface area contributed by atoms with Crippen LogP contribution < -0.4 is 5.73 Å². The van der Waals surface area contributed by atoms with Crippen LogP contribution in [0.4, 0.5) is 0 Å². The normalized spacial score (nSPS) is 28.0. The molecule has 1 aromatic heterocycles. The van der Waals surface area contributed by atoms with Crippen molar-refractivity contribution in [2.24, 2.45) is 5.73 Å². The van der Waals surface area contributed by atoms with Gasteiger partial charge in [0, 0.05) is 30.1 Å². The van der Waals surface area contributed by atoms with Gasteiger partial charge in [0.15, 0.2) is 0 Å². The van der Waals surface area contributed by atoms with Crippen LogP contribution in [-0.4, -0.2) is 48.1 Å². The molecule has 2 aliphatic heterocycles. The summed E-state index contributed by atoms with van der Waals surface area (Å²) in [7, 11) is 0. The molecule has 4 heteroatoms. The van der Waals surface area contributed by atoms with Gasteiger partial charge < -0.3 is 5.73 Å². The first-order chi connectivity index (χ1) is 9.79. The molecule has 3 rings (SSSR count). The topological polar surface area (TPSA) is 32.5 Å². The van der Waals surface area contributed by atoms with Crippen molar-refractivity contribution in [1.29, 1.82) is 0 Å². The second-order valence-electron chi connectivity index (χ2n) is 6.21. The maximum Gasteiger partial charge on any atom is 0.0593 e. The first kappa shape index (κ1) is 14.5. The van der Waals surface area contributed by atoms with E-state index >= 15 is 0 Å². The van der Waals surface area contributed by atoms with Crippen molar-refractivity contribution < 1.29 is 0 Å². The molecule has 2 N–H and O–H groups in total. The highest BCUT2D eigenvalue weighted by Gasteiger charge is 2.34. The molecule has 3 unspecified atom stereocenters. The molecule has 0 radical (unpaired) electrons. The van der Waals surface area contributed by atoms with Gasteiger partial charge in [-0.1, -0.05) is 13.0 Å². The van der Waals surface area contributed by atoms with Gasteiger partial charge >= 0.3 is 0 Å². The smallest absolute Gasteiger partial charge is 0.0593 e. The zero-order valence-corrected chi connectivity index (χ0v) is 13.3. The van der Waals surface area contributed by atoms with Crippen molar-refractivity contribution in [3.05, 3.63) is 22.4 Å². The molecule has 0 spiro atoms. The summed E-state index contributed by atoms with van der Waals surface area (Å²) < 4.78 is 0. The second-order valence-corrected chi connectivity index (χ2v) is 7.19. The summed E-state index contributed by atoms with van der Waals surface area (Å²) in [6.07, 6.45) is 5.08. The third-order valence-corrected chi connectivity index (χ3v) is 5.88. The Bertz CT molecular complexity index is 406. The molecule has 2 saturated heterocycles. The molecule has 0 amide bonds. The standard InChI is InChI=1S/C16H27N3S/c1-2-14(17)16(15-7-4-11-20-15)19-10-5-9-18-8-3-6-13(18)12-19/h4,7,11,13-14,16H,2-3,5-6,8-10,12,17H2,1H3. The molecule has 3 atom stereocenters. The lowest BCUT2D eigenvalue weighted by molar-refractivity contribution is 0.154. The molecule has 2 aliphatic rings. The van der Waals surface area contributed by atoms with Crippen LogP contribution in [0.5, 0.6) is 0 Å². The van der Waals surface area contributed by atoms with Crippen LogP contribution in [0.2, 0.25) is 0 Å². The van der Waals surface area contributed by atoms with Gasteiger partial charge in [-0.2, -0.15) is 0 Å². The Morgan fingerprint density at radius 3 is 2.95 bits per heavy atom. The van der Waals surface area contributed by atoms with Gasteiger partial charge in [-0.3, -0.25) is 9.80 Å². The van der Waals surface area contributed by atoms with E-state index in [-0.39, 0.29) is 6.04 Å². The summed E-state index contributed by atoms with van der Waals surface area (Å²) in [5.41, 5.74) is 6.48. The van der Waals surface area contributed by atoms with Crippen molar-refractivity contribution in [3.8, 4) is 0 Å². The van der Waals surface area contributed by atoms with Gasteiger partial charge in [-0.25, -0.2) is 0 Å². The van der Waals surface area contributed by atoms with Crippen molar-refractivity contribution >= 4 is 11.3 Å². The zero-order valence-electron chi connectivity index (χ0n) is 12.5. The highest BCUT2D eigenvalue weighted by atomic mass is 32.1. The minimum absolute atomic E-state index is 0.251. The van der Waals surface area contributed by atoms with Crippen molar-refractivity contribution in [2.45, 2.75) is 50.7 Å².